The summed E-state index contributed by atoms with van der Waals surface area (Å²) in [6.45, 7) is 2.77. The van der Waals surface area contributed by atoms with Gasteiger partial charge in [0, 0.05) is 17.8 Å². The van der Waals surface area contributed by atoms with Gasteiger partial charge in [0.15, 0.2) is 11.3 Å². The Balaban J connectivity index is 2.06. The molecule has 3 aromatic heterocycles. The van der Waals surface area contributed by atoms with Crippen molar-refractivity contribution >= 4 is 17.0 Å². The first-order valence-electron chi connectivity index (χ1n) is 7.91. The summed E-state index contributed by atoms with van der Waals surface area (Å²) in [5, 5.41) is 8.74. The molecule has 3 rings (SSSR count). The molecule has 0 radical (unpaired) electrons. The van der Waals surface area contributed by atoms with E-state index in [4.69, 9.17) is 9.84 Å². The van der Waals surface area contributed by atoms with Crippen molar-refractivity contribution in [3.05, 3.63) is 57.4 Å². The van der Waals surface area contributed by atoms with Crippen LogP contribution in [0, 0.1) is 6.92 Å². The van der Waals surface area contributed by atoms with Crippen molar-refractivity contribution < 1.29 is 27.8 Å². The van der Waals surface area contributed by atoms with Crippen molar-refractivity contribution in [1.29, 1.82) is 0 Å². The Morgan fingerprint density at radius 3 is 2.57 bits per heavy atom. The van der Waals surface area contributed by atoms with Crippen LogP contribution in [0.3, 0.4) is 0 Å². The third kappa shape index (κ3) is 3.77. The molecule has 8 nitrogen and oxygen atoms in total. The van der Waals surface area contributed by atoms with Gasteiger partial charge >= 0.3 is 12.1 Å². The van der Waals surface area contributed by atoms with Gasteiger partial charge in [-0.15, -0.1) is 0 Å². The maximum atomic E-state index is 13.5. The molecule has 3 heterocycles. The molecular formula is C17H13F3N4O4. The standard InChI is InChI=1S/C17H13F3N4O4/c1-7(28-12-4-3-9(6-21-12)16(26)27)10-5-11-14(22-8(2)23-15(11)25)24-13(10)17(18,19)20/h3-7H,1-2H3,(H,26,27)(H,22,23,24,25). The van der Waals surface area contributed by atoms with Crippen LogP contribution in [-0.4, -0.2) is 31.0 Å². The topological polar surface area (TPSA) is 118 Å². The van der Waals surface area contributed by atoms with E-state index in [1.807, 2.05) is 0 Å². The first-order chi connectivity index (χ1) is 13.1. The number of aromatic carboxylic acids is 1. The number of hydrogen-bond acceptors (Lipinski definition) is 6. The normalized spacial score (nSPS) is 12.8. The molecule has 0 saturated heterocycles. The predicted octanol–water partition coefficient (Wildman–Crippen LogP) is 2.88. The van der Waals surface area contributed by atoms with Crippen LogP contribution >= 0.6 is 0 Å². The van der Waals surface area contributed by atoms with Crippen molar-refractivity contribution in [2.45, 2.75) is 26.1 Å². The fraction of sp³-hybridized carbons (Fsp3) is 0.235. The Morgan fingerprint density at radius 2 is 2.00 bits per heavy atom. The van der Waals surface area contributed by atoms with Crippen molar-refractivity contribution in [2.75, 3.05) is 0 Å². The average molecular weight is 394 g/mol. The molecule has 28 heavy (non-hydrogen) atoms. The highest BCUT2D eigenvalue weighted by Crippen LogP contribution is 2.35. The highest BCUT2D eigenvalue weighted by molar-refractivity contribution is 5.87. The summed E-state index contributed by atoms with van der Waals surface area (Å²) in [4.78, 5) is 36.5. The Morgan fingerprint density at radius 1 is 1.29 bits per heavy atom. The quantitative estimate of drug-likeness (QED) is 0.698. The Bertz CT molecular complexity index is 1110. The molecule has 0 aliphatic carbocycles. The number of rotatable bonds is 4. The lowest BCUT2D eigenvalue weighted by atomic mass is 10.1. The lowest BCUT2D eigenvalue weighted by molar-refractivity contribution is -0.142. The van der Waals surface area contributed by atoms with Gasteiger partial charge in [-0.3, -0.25) is 4.79 Å². The number of nitrogens with one attached hydrogen (secondary N) is 1. The van der Waals surface area contributed by atoms with E-state index in [0.717, 1.165) is 12.3 Å². The van der Waals surface area contributed by atoms with E-state index in [2.05, 4.69) is 19.9 Å². The second kappa shape index (κ2) is 6.91. The second-order valence-corrected chi connectivity index (χ2v) is 5.90. The molecule has 0 aliphatic heterocycles. The van der Waals surface area contributed by atoms with Crippen LogP contribution in [0.4, 0.5) is 13.2 Å². The monoisotopic (exact) mass is 394 g/mol. The number of carboxylic acids is 1. The van der Waals surface area contributed by atoms with Gasteiger partial charge in [-0.25, -0.2) is 19.7 Å². The van der Waals surface area contributed by atoms with E-state index in [1.54, 1.807) is 0 Å². The van der Waals surface area contributed by atoms with Crippen LogP contribution in [0.2, 0.25) is 0 Å². The number of alkyl halides is 3. The molecular weight excluding hydrogens is 381 g/mol. The summed E-state index contributed by atoms with van der Waals surface area (Å²) in [7, 11) is 0. The molecule has 0 amide bonds. The molecule has 0 saturated carbocycles. The first kappa shape index (κ1) is 19.3. The smallest absolute Gasteiger partial charge is 0.433 e. The van der Waals surface area contributed by atoms with Crippen LogP contribution < -0.4 is 10.3 Å². The Hall–Kier alpha value is -3.50. The van der Waals surface area contributed by atoms with Crippen molar-refractivity contribution in [3.8, 4) is 5.88 Å². The lowest BCUT2D eigenvalue weighted by Gasteiger charge is -2.19. The number of aromatic amines is 1. The van der Waals surface area contributed by atoms with Crippen LogP contribution in [0.25, 0.3) is 11.0 Å². The van der Waals surface area contributed by atoms with Crippen LogP contribution in [0.15, 0.2) is 29.2 Å². The number of halogens is 3. The van der Waals surface area contributed by atoms with Gasteiger partial charge in [-0.1, -0.05) is 0 Å². The van der Waals surface area contributed by atoms with Crippen molar-refractivity contribution in [2.24, 2.45) is 0 Å². The van der Waals surface area contributed by atoms with Crippen molar-refractivity contribution in [3.63, 3.8) is 0 Å². The van der Waals surface area contributed by atoms with Crippen LogP contribution in [0.5, 0.6) is 5.88 Å². The minimum atomic E-state index is -4.81. The number of pyridine rings is 2. The molecule has 1 atom stereocenters. The highest BCUT2D eigenvalue weighted by atomic mass is 19.4. The number of carboxylic acid groups (broad SMARTS) is 1. The van der Waals surface area contributed by atoms with E-state index >= 15 is 0 Å². The van der Waals surface area contributed by atoms with E-state index in [-0.39, 0.29) is 33.9 Å². The number of ether oxygens (including phenoxy) is 1. The third-order valence-electron chi connectivity index (χ3n) is 3.83. The Kier molecular flexibility index (Phi) is 4.75. The minimum Gasteiger partial charge on any atom is -0.478 e. The van der Waals surface area contributed by atoms with Gasteiger partial charge in [0.2, 0.25) is 5.88 Å². The van der Waals surface area contributed by atoms with Gasteiger partial charge < -0.3 is 14.8 Å². The van der Waals surface area contributed by atoms with Crippen LogP contribution in [0.1, 0.15) is 40.5 Å². The van der Waals surface area contributed by atoms with Gasteiger partial charge in [-0.2, -0.15) is 13.2 Å². The van der Waals surface area contributed by atoms with Gasteiger partial charge in [-0.05, 0) is 26.0 Å². The number of carbonyl (C=O) groups is 1. The summed E-state index contributed by atoms with van der Waals surface area (Å²) in [6.07, 6.45) is -4.97. The SMILES string of the molecule is Cc1nc2nc(C(F)(F)F)c(C(C)Oc3ccc(C(=O)O)cn3)cc2c(=O)[nH]1. The molecule has 1 unspecified atom stereocenters. The molecule has 0 bridgehead atoms. The molecule has 3 aromatic rings. The van der Waals surface area contributed by atoms with Crippen LogP contribution in [-0.2, 0) is 6.18 Å². The molecule has 0 fully saturated rings. The number of fused-ring (bicyclic) bond motifs is 1. The van der Waals surface area contributed by atoms with E-state index in [1.165, 1.54) is 26.0 Å². The molecule has 2 N–H and O–H groups in total. The molecule has 146 valence electrons. The molecule has 11 heteroatoms. The van der Waals surface area contributed by atoms with Crippen molar-refractivity contribution in [1.82, 2.24) is 19.9 Å². The molecule has 0 spiro atoms. The number of aromatic nitrogens is 4. The lowest BCUT2D eigenvalue weighted by Crippen LogP contribution is -2.19. The third-order valence-corrected chi connectivity index (χ3v) is 3.83. The Labute approximate surface area is 155 Å². The van der Waals surface area contributed by atoms with E-state index in [0.29, 0.717) is 0 Å². The summed E-state index contributed by atoms with van der Waals surface area (Å²) in [6, 6.07) is 3.46. The summed E-state index contributed by atoms with van der Waals surface area (Å²) >= 11 is 0. The van der Waals surface area contributed by atoms with Gasteiger partial charge in [0.05, 0.1) is 10.9 Å². The molecule has 0 aromatic carbocycles. The van der Waals surface area contributed by atoms with E-state index < -0.39 is 29.5 Å². The second-order valence-electron chi connectivity index (χ2n) is 5.90. The fourth-order valence-corrected chi connectivity index (χ4v) is 2.55. The average Bonchev–Trinajstić information content (AvgIpc) is 2.60. The largest absolute Gasteiger partial charge is 0.478 e. The zero-order chi connectivity index (χ0) is 20.6. The summed E-state index contributed by atoms with van der Waals surface area (Å²) in [5.74, 6) is -1.15. The minimum absolute atomic E-state index is 0.0818. The van der Waals surface area contributed by atoms with Gasteiger partial charge in [0.25, 0.3) is 5.56 Å². The predicted molar refractivity (Wildman–Crippen MR) is 90.1 cm³/mol. The maximum Gasteiger partial charge on any atom is 0.433 e. The fourth-order valence-electron chi connectivity index (χ4n) is 2.55. The summed E-state index contributed by atoms with van der Waals surface area (Å²) in [5.41, 5.74) is -2.65. The van der Waals surface area contributed by atoms with Gasteiger partial charge in [0.1, 0.15) is 11.9 Å². The molecule has 0 aliphatic rings. The first-order valence-corrected chi connectivity index (χ1v) is 7.91. The zero-order valence-electron chi connectivity index (χ0n) is 14.5. The number of aryl methyl sites for hydroxylation is 1. The van der Waals surface area contributed by atoms with E-state index in [9.17, 15) is 22.8 Å². The number of H-pyrrole nitrogens is 1. The summed E-state index contributed by atoms with van der Waals surface area (Å²) < 4.78 is 45.9. The number of hydrogen-bond donors (Lipinski definition) is 2. The highest BCUT2D eigenvalue weighted by Gasteiger charge is 2.38. The number of nitrogens with zero attached hydrogens (tertiary/aromatic N) is 3. The zero-order valence-corrected chi connectivity index (χ0v) is 14.5. The maximum absolute atomic E-state index is 13.5.